The van der Waals surface area contributed by atoms with Crippen molar-refractivity contribution in [2.24, 2.45) is 5.14 Å². The third kappa shape index (κ3) is 2.68. The maximum atomic E-state index is 11.1. The molecule has 86 valence electrons. The zero-order valence-corrected chi connectivity index (χ0v) is 9.36. The first-order valence-electron chi connectivity index (χ1n) is 4.36. The van der Waals surface area contributed by atoms with Gasteiger partial charge in [0.05, 0.1) is 10.5 Å². The van der Waals surface area contributed by atoms with Gasteiger partial charge in [0.2, 0.25) is 10.0 Å². The summed E-state index contributed by atoms with van der Waals surface area (Å²) in [6.45, 7) is 1.17. The third-order valence-corrected chi connectivity index (χ3v) is 3.11. The number of aliphatic carboxylic acids is 1. The molecule has 16 heavy (non-hydrogen) atoms. The smallest absolute Gasteiger partial charge is 0.337 e. The van der Waals surface area contributed by atoms with Crippen LogP contribution < -0.4 is 5.14 Å². The van der Waals surface area contributed by atoms with Crippen LogP contribution in [0.2, 0.25) is 0 Å². The second-order valence-corrected chi connectivity index (χ2v) is 4.85. The van der Waals surface area contributed by atoms with Crippen molar-refractivity contribution in [1.29, 1.82) is 0 Å². The van der Waals surface area contributed by atoms with Crippen LogP contribution in [0.15, 0.2) is 35.2 Å². The van der Waals surface area contributed by atoms with Gasteiger partial charge in [0.25, 0.3) is 0 Å². The summed E-state index contributed by atoms with van der Waals surface area (Å²) in [7, 11) is -4.00. The summed E-state index contributed by atoms with van der Waals surface area (Å²) in [6, 6.07) is 7.97. The van der Waals surface area contributed by atoms with Gasteiger partial charge in [-0.05, 0) is 12.5 Å². The van der Waals surface area contributed by atoms with Crippen LogP contribution in [0.4, 0.5) is 0 Å². The molecule has 0 saturated heterocycles. The van der Waals surface area contributed by atoms with Crippen LogP contribution in [-0.4, -0.2) is 19.5 Å². The van der Waals surface area contributed by atoms with Crippen LogP contribution >= 0.6 is 0 Å². The van der Waals surface area contributed by atoms with Crippen LogP contribution in [0.25, 0.3) is 5.57 Å². The molecule has 0 aliphatic carbocycles. The lowest BCUT2D eigenvalue weighted by molar-refractivity contribution is -0.130. The first-order valence-corrected chi connectivity index (χ1v) is 5.91. The minimum atomic E-state index is -4.00. The van der Waals surface area contributed by atoms with Crippen LogP contribution in [-0.2, 0) is 14.8 Å². The zero-order valence-electron chi connectivity index (χ0n) is 8.54. The molecule has 0 spiro atoms. The minimum Gasteiger partial charge on any atom is -0.478 e. The largest absolute Gasteiger partial charge is 0.478 e. The summed E-state index contributed by atoms with van der Waals surface area (Å²) in [5.74, 6) is -1.32. The molecule has 0 bridgehead atoms. The van der Waals surface area contributed by atoms with Gasteiger partial charge in [0.15, 0.2) is 0 Å². The molecule has 3 N–H and O–H groups in total. The molecule has 0 amide bonds. The number of primary sulfonamides is 1. The van der Waals surface area contributed by atoms with E-state index in [0.29, 0.717) is 5.56 Å². The van der Waals surface area contributed by atoms with E-state index >= 15 is 0 Å². The highest BCUT2D eigenvalue weighted by molar-refractivity contribution is 7.93. The van der Waals surface area contributed by atoms with E-state index in [1.807, 2.05) is 0 Å². The quantitative estimate of drug-likeness (QED) is 0.764. The Bertz CT molecular complexity index is 531. The lowest BCUT2D eigenvalue weighted by atomic mass is 10.1. The number of benzene rings is 1. The molecule has 1 aromatic rings. The molecule has 5 nitrogen and oxygen atoms in total. The molecular formula is C10H11NO4S. The van der Waals surface area contributed by atoms with E-state index in [1.54, 1.807) is 18.2 Å². The number of sulfonamides is 1. The predicted molar refractivity (Wildman–Crippen MR) is 59.8 cm³/mol. The molecule has 0 aliphatic rings. The molecule has 1 aromatic carbocycles. The van der Waals surface area contributed by atoms with Gasteiger partial charge in [-0.1, -0.05) is 30.3 Å². The number of carbonyl (C=O) groups is 1. The Morgan fingerprint density at radius 3 is 2.12 bits per heavy atom. The van der Waals surface area contributed by atoms with Crippen molar-refractivity contribution in [2.75, 3.05) is 0 Å². The highest BCUT2D eigenvalue weighted by atomic mass is 32.2. The van der Waals surface area contributed by atoms with Gasteiger partial charge in [-0.25, -0.2) is 18.4 Å². The van der Waals surface area contributed by atoms with Crippen molar-refractivity contribution in [2.45, 2.75) is 6.92 Å². The second-order valence-electron chi connectivity index (χ2n) is 3.15. The summed E-state index contributed by atoms with van der Waals surface area (Å²) in [6.07, 6.45) is 0. The minimum absolute atomic E-state index is 0.303. The fourth-order valence-electron chi connectivity index (χ4n) is 1.22. The molecule has 0 unspecified atom stereocenters. The fourth-order valence-corrected chi connectivity index (χ4v) is 1.71. The molecule has 0 atom stereocenters. The van der Waals surface area contributed by atoms with Crippen molar-refractivity contribution in [3.05, 3.63) is 40.8 Å². The Morgan fingerprint density at radius 1 is 1.25 bits per heavy atom. The van der Waals surface area contributed by atoms with E-state index in [0.717, 1.165) is 0 Å². The van der Waals surface area contributed by atoms with Gasteiger partial charge < -0.3 is 5.11 Å². The number of hydrogen-bond acceptors (Lipinski definition) is 3. The van der Waals surface area contributed by atoms with Gasteiger partial charge in [-0.2, -0.15) is 0 Å². The molecule has 0 fully saturated rings. The molecular weight excluding hydrogens is 230 g/mol. The number of carboxylic acids is 1. The second kappa shape index (κ2) is 4.46. The van der Waals surface area contributed by atoms with Crippen molar-refractivity contribution >= 4 is 21.6 Å². The summed E-state index contributed by atoms with van der Waals surface area (Å²) in [5, 5.41) is 13.9. The summed E-state index contributed by atoms with van der Waals surface area (Å²) >= 11 is 0. The van der Waals surface area contributed by atoms with Crippen molar-refractivity contribution in [1.82, 2.24) is 0 Å². The van der Waals surface area contributed by atoms with Crippen LogP contribution in [0.5, 0.6) is 0 Å². The lowest BCUT2D eigenvalue weighted by Crippen LogP contribution is -2.17. The fraction of sp³-hybridized carbons (Fsp3) is 0.100. The van der Waals surface area contributed by atoms with Gasteiger partial charge in [-0.3, -0.25) is 0 Å². The first kappa shape index (κ1) is 12.4. The summed E-state index contributed by atoms with van der Waals surface area (Å²) < 4.78 is 22.2. The van der Waals surface area contributed by atoms with Gasteiger partial charge in [-0.15, -0.1) is 0 Å². The van der Waals surface area contributed by atoms with E-state index in [1.165, 1.54) is 19.1 Å². The monoisotopic (exact) mass is 241 g/mol. The molecule has 0 saturated carbocycles. The van der Waals surface area contributed by atoms with Gasteiger partial charge >= 0.3 is 5.97 Å². The Kier molecular flexibility index (Phi) is 3.46. The van der Waals surface area contributed by atoms with Gasteiger partial charge in [0.1, 0.15) is 0 Å². The highest BCUT2D eigenvalue weighted by Crippen LogP contribution is 2.20. The van der Waals surface area contributed by atoms with Crippen LogP contribution in [0.1, 0.15) is 12.5 Å². The summed E-state index contributed by atoms with van der Waals surface area (Å²) in [4.78, 5) is 10.7. The highest BCUT2D eigenvalue weighted by Gasteiger charge is 2.20. The molecule has 0 aliphatic heterocycles. The molecule has 0 heterocycles. The van der Waals surface area contributed by atoms with E-state index in [4.69, 9.17) is 10.2 Å². The number of nitrogens with two attached hydrogens (primary N) is 1. The SMILES string of the molecule is C/C(=C(/C(=O)O)c1ccccc1)S(N)(=O)=O. The maximum Gasteiger partial charge on any atom is 0.337 e. The third-order valence-electron chi connectivity index (χ3n) is 2.06. The Hall–Kier alpha value is -1.66. The maximum absolute atomic E-state index is 11.1. The standard InChI is InChI=1S/C10H11NO4S/c1-7(16(11,14)15)9(10(12)13)8-5-3-2-4-6-8/h2-6H,1H3,(H,12,13)(H2,11,14,15)/b9-7-. The molecule has 1 rings (SSSR count). The van der Waals surface area contributed by atoms with Crippen LogP contribution in [0.3, 0.4) is 0 Å². The summed E-state index contributed by atoms with van der Waals surface area (Å²) in [5.41, 5.74) is 0.00428. The molecule has 6 heteroatoms. The number of hydrogen-bond donors (Lipinski definition) is 2. The van der Waals surface area contributed by atoms with Crippen molar-refractivity contribution in [3.8, 4) is 0 Å². The zero-order chi connectivity index (χ0) is 12.3. The number of rotatable bonds is 3. The topological polar surface area (TPSA) is 97.5 Å². The van der Waals surface area contributed by atoms with Crippen molar-refractivity contribution in [3.63, 3.8) is 0 Å². The molecule has 0 radical (unpaired) electrons. The van der Waals surface area contributed by atoms with E-state index in [2.05, 4.69) is 0 Å². The number of allylic oxidation sites excluding steroid dienone is 1. The van der Waals surface area contributed by atoms with Crippen molar-refractivity contribution < 1.29 is 18.3 Å². The Labute approximate surface area is 93.3 Å². The predicted octanol–water partition coefficient (Wildman–Crippen LogP) is 0.791. The molecule has 0 aromatic heterocycles. The van der Waals surface area contributed by atoms with E-state index in [9.17, 15) is 13.2 Å². The first-order chi connectivity index (χ1) is 7.34. The Balaban J connectivity index is 3.49. The van der Waals surface area contributed by atoms with Gasteiger partial charge in [0, 0.05) is 0 Å². The number of carboxylic acid groups (broad SMARTS) is 1. The van der Waals surface area contributed by atoms with E-state index in [-0.39, 0.29) is 10.5 Å². The average Bonchev–Trinajstić information content (AvgIpc) is 2.17. The van der Waals surface area contributed by atoms with E-state index < -0.39 is 16.0 Å². The van der Waals surface area contributed by atoms with Crippen LogP contribution in [0, 0.1) is 0 Å². The normalized spacial score (nSPS) is 13.1. The average molecular weight is 241 g/mol. The Morgan fingerprint density at radius 2 is 1.75 bits per heavy atom. The lowest BCUT2D eigenvalue weighted by Gasteiger charge is -2.06.